The Hall–Kier alpha value is -4.85. The summed E-state index contributed by atoms with van der Waals surface area (Å²) in [5.74, 6) is 0.765. The Balaban J connectivity index is 1.19. The Morgan fingerprint density at radius 3 is 2.70 bits per heavy atom. The van der Waals surface area contributed by atoms with Gasteiger partial charge in [0.15, 0.2) is 5.82 Å². The van der Waals surface area contributed by atoms with Gasteiger partial charge in [-0.2, -0.15) is 5.10 Å². The third-order valence-corrected chi connectivity index (χ3v) is 9.06. The lowest BCUT2D eigenvalue weighted by atomic mass is 9.99. The highest BCUT2D eigenvalue weighted by Crippen LogP contribution is 2.35. The van der Waals surface area contributed by atoms with Crippen molar-refractivity contribution in [3.63, 3.8) is 0 Å². The summed E-state index contributed by atoms with van der Waals surface area (Å²) in [5.41, 5.74) is 13.3. The van der Waals surface area contributed by atoms with E-state index in [2.05, 4.69) is 29.8 Å². The summed E-state index contributed by atoms with van der Waals surface area (Å²) >= 11 is 0. The minimum atomic E-state index is -3.46. The first-order valence-electron chi connectivity index (χ1n) is 15.5. The Morgan fingerprint density at radius 2 is 1.87 bits per heavy atom. The maximum atomic E-state index is 14.8. The molecule has 47 heavy (non-hydrogen) atoms. The Labute approximate surface area is 271 Å². The highest BCUT2D eigenvalue weighted by molar-refractivity contribution is 7.88. The van der Waals surface area contributed by atoms with Crippen molar-refractivity contribution < 1.29 is 17.5 Å². The van der Waals surface area contributed by atoms with Gasteiger partial charge in [0.1, 0.15) is 23.9 Å². The van der Waals surface area contributed by atoms with Crippen molar-refractivity contribution in [2.45, 2.75) is 25.8 Å². The molecule has 3 aromatic heterocycles. The molecule has 1 aliphatic heterocycles. The second kappa shape index (κ2) is 12.7. The molecule has 242 valence electrons. The smallest absolute Gasteiger partial charge is 0.209 e. The fourth-order valence-electron chi connectivity index (χ4n) is 6.09. The number of imidazole rings is 1. The zero-order chi connectivity index (χ0) is 32.5. The van der Waals surface area contributed by atoms with E-state index in [0.717, 1.165) is 59.4 Å². The van der Waals surface area contributed by atoms with Crippen LogP contribution in [0.4, 0.5) is 4.39 Å². The number of fused-ring (bicyclic) bond motifs is 2. The summed E-state index contributed by atoms with van der Waals surface area (Å²) in [6, 6.07) is 12.5. The van der Waals surface area contributed by atoms with Crippen molar-refractivity contribution in [3.05, 3.63) is 101 Å². The molecule has 0 atom stereocenters. The molecular formula is C34H35FN8O3S. The average Bonchev–Trinajstić information content (AvgIpc) is 3.79. The lowest BCUT2D eigenvalue weighted by Crippen LogP contribution is -2.25. The topological polar surface area (TPSA) is 155 Å². The van der Waals surface area contributed by atoms with E-state index in [4.69, 9.17) is 15.5 Å². The number of hydrogen-bond acceptors (Lipinski definition) is 8. The molecule has 0 amide bonds. The number of likely N-dealkylation sites (tertiary alicyclic amines) is 1. The Kier molecular flexibility index (Phi) is 8.35. The lowest BCUT2D eigenvalue weighted by Gasteiger charge is -2.15. The minimum absolute atomic E-state index is 0.0434. The van der Waals surface area contributed by atoms with Crippen LogP contribution in [0.3, 0.4) is 0 Å². The number of ether oxygens (including phenoxy) is 1. The van der Waals surface area contributed by atoms with E-state index in [1.807, 2.05) is 36.5 Å². The number of halogens is 1. The molecule has 1 aliphatic carbocycles. The summed E-state index contributed by atoms with van der Waals surface area (Å²) in [7, 11) is -3.46. The monoisotopic (exact) mass is 654 g/mol. The van der Waals surface area contributed by atoms with Crippen LogP contribution in [0.25, 0.3) is 39.1 Å². The van der Waals surface area contributed by atoms with Crippen molar-refractivity contribution in [2.75, 3.05) is 32.5 Å². The molecule has 11 nitrogen and oxygen atoms in total. The van der Waals surface area contributed by atoms with Gasteiger partial charge in [0.2, 0.25) is 10.0 Å². The molecule has 4 heterocycles. The number of nitrogens with two attached hydrogens (primary N) is 1. The molecular weight excluding hydrogens is 619 g/mol. The van der Waals surface area contributed by atoms with Crippen LogP contribution in [0.1, 0.15) is 35.4 Å². The number of sulfonamides is 1. The number of pyridine rings is 1. The zero-order valence-corrected chi connectivity index (χ0v) is 26.7. The summed E-state index contributed by atoms with van der Waals surface area (Å²) in [6.45, 7) is 3.74. The number of H-pyrrole nitrogens is 2. The average molecular weight is 655 g/mol. The van der Waals surface area contributed by atoms with E-state index >= 15 is 0 Å². The van der Waals surface area contributed by atoms with Gasteiger partial charge in [0.25, 0.3) is 0 Å². The standard InChI is InChI=1S/C34H35FN8O3S/c1-47(44,45)38-18-21-12-23(14-25(35)13-21)28-6-5-26(36)17-31-32(28)40-34(39-31)33-29-16-22(4-7-30(29)41-42-33)24-15-27(20-37-19-24)46-11-10-43-8-2-3-9-43/h4-7,12-16,19-20,38H,2-3,8-11,17-18,36H2,1H3,(H,39,40)(H,41,42). The third-order valence-electron chi connectivity index (χ3n) is 8.39. The van der Waals surface area contributed by atoms with Crippen molar-refractivity contribution >= 4 is 26.5 Å². The third kappa shape index (κ3) is 6.97. The molecule has 1 saturated heterocycles. The van der Waals surface area contributed by atoms with Crippen molar-refractivity contribution in [1.82, 2.24) is 34.8 Å². The molecule has 0 unspecified atom stereocenters. The molecule has 5 aromatic rings. The number of benzene rings is 2. The van der Waals surface area contributed by atoms with Crippen molar-refractivity contribution in [3.8, 4) is 28.4 Å². The number of aromatic nitrogens is 5. The Bertz CT molecular complexity index is 2130. The van der Waals surface area contributed by atoms with Crippen molar-refractivity contribution in [2.24, 2.45) is 5.73 Å². The number of rotatable bonds is 10. The van der Waals surface area contributed by atoms with Gasteiger partial charge in [0.05, 0.1) is 23.7 Å². The van der Waals surface area contributed by atoms with E-state index in [0.29, 0.717) is 52.6 Å². The van der Waals surface area contributed by atoms with Crippen LogP contribution in [0, 0.1) is 5.82 Å². The fourth-order valence-corrected chi connectivity index (χ4v) is 6.52. The lowest BCUT2D eigenvalue weighted by molar-refractivity contribution is 0.237. The summed E-state index contributed by atoms with van der Waals surface area (Å²) in [4.78, 5) is 15.2. The largest absolute Gasteiger partial charge is 0.491 e. The first-order valence-corrected chi connectivity index (χ1v) is 17.4. The number of nitrogens with one attached hydrogen (secondary N) is 3. The number of nitrogens with zero attached hydrogens (tertiary/aromatic N) is 4. The van der Waals surface area contributed by atoms with Gasteiger partial charge in [-0.05, 0) is 85.1 Å². The maximum absolute atomic E-state index is 14.8. The number of aromatic amines is 2. The predicted octanol–water partition coefficient (Wildman–Crippen LogP) is 4.51. The summed E-state index contributed by atoms with van der Waals surface area (Å²) < 4.78 is 46.6. The fraction of sp³-hybridized carbons (Fsp3) is 0.265. The van der Waals surface area contributed by atoms with E-state index in [9.17, 15) is 12.8 Å². The van der Waals surface area contributed by atoms with Crippen LogP contribution in [-0.2, 0) is 23.0 Å². The molecule has 0 spiro atoms. The van der Waals surface area contributed by atoms with E-state index in [1.54, 1.807) is 18.3 Å². The first kappa shape index (κ1) is 30.8. The number of allylic oxidation sites excluding steroid dienone is 3. The molecule has 0 bridgehead atoms. The quantitative estimate of drug-likeness (QED) is 0.172. The van der Waals surface area contributed by atoms with Gasteiger partial charge < -0.3 is 15.5 Å². The van der Waals surface area contributed by atoms with Crippen molar-refractivity contribution in [1.29, 1.82) is 0 Å². The SMILES string of the molecule is CS(=O)(=O)NCc1cc(F)cc(C2=CC=C(N)Cc3[nH]c(-c4n[nH]c5ccc(-c6cncc(OCCN7CCCC7)c6)cc45)nc32)c1. The minimum Gasteiger partial charge on any atom is -0.491 e. The molecule has 0 saturated carbocycles. The van der Waals surface area contributed by atoms with Gasteiger partial charge >= 0.3 is 0 Å². The van der Waals surface area contributed by atoms with Gasteiger partial charge in [-0.1, -0.05) is 12.1 Å². The van der Waals surface area contributed by atoms with Crippen LogP contribution in [0.2, 0.25) is 0 Å². The normalized spacial score (nSPS) is 15.4. The van der Waals surface area contributed by atoms with Gasteiger partial charge in [-0.25, -0.2) is 22.5 Å². The molecule has 7 rings (SSSR count). The van der Waals surface area contributed by atoms with Crippen LogP contribution in [0.15, 0.2) is 72.7 Å². The van der Waals surface area contributed by atoms with Gasteiger partial charge in [-0.15, -0.1) is 0 Å². The molecule has 5 N–H and O–H groups in total. The second-order valence-electron chi connectivity index (χ2n) is 12.0. The van der Waals surface area contributed by atoms with Crippen LogP contribution in [0.5, 0.6) is 5.75 Å². The Morgan fingerprint density at radius 1 is 1.02 bits per heavy atom. The summed E-state index contributed by atoms with van der Waals surface area (Å²) in [6.07, 6.45) is 11.1. The highest BCUT2D eigenvalue weighted by atomic mass is 32.2. The van der Waals surface area contributed by atoms with E-state index in [1.165, 1.54) is 25.0 Å². The first-order chi connectivity index (χ1) is 22.7. The molecule has 13 heteroatoms. The molecule has 0 radical (unpaired) electrons. The van der Waals surface area contributed by atoms with E-state index in [-0.39, 0.29) is 6.54 Å². The predicted molar refractivity (Wildman–Crippen MR) is 179 cm³/mol. The summed E-state index contributed by atoms with van der Waals surface area (Å²) in [5, 5.41) is 8.57. The van der Waals surface area contributed by atoms with Gasteiger partial charge in [0, 0.05) is 53.6 Å². The maximum Gasteiger partial charge on any atom is 0.209 e. The van der Waals surface area contributed by atoms with Crippen LogP contribution in [-0.4, -0.2) is 71.0 Å². The van der Waals surface area contributed by atoms with E-state index < -0.39 is 15.8 Å². The highest BCUT2D eigenvalue weighted by Gasteiger charge is 2.22. The molecule has 2 aromatic carbocycles. The van der Waals surface area contributed by atoms with Crippen LogP contribution < -0.4 is 15.2 Å². The van der Waals surface area contributed by atoms with Crippen LogP contribution >= 0.6 is 0 Å². The molecule has 2 aliphatic rings. The molecule has 1 fully saturated rings. The van der Waals surface area contributed by atoms with Gasteiger partial charge in [-0.3, -0.25) is 15.0 Å². The zero-order valence-electron chi connectivity index (χ0n) is 25.9. The number of hydrogen-bond donors (Lipinski definition) is 4. The second-order valence-corrected chi connectivity index (χ2v) is 13.8.